The molecule has 170 valence electrons. The quantitative estimate of drug-likeness (QED) is 0.558. The fourth-order valence-electron chi connectivity index (χ4n) is 7.18. The lowest BCUT2D eigenvalue weighted by Gasteiger charge is -2.57. The molecule has 0 unspecified atom stereocenters. The summed E-state index contributed by atoms with van der Waals surface area (Å²) in [4.78, 5) is 23.7. The number of hydrogen-bond donors (Lipinski definition) is 2. The zero-order valence-corrected chi connectivity index (χ0v) is 19.4. The van der Waals surface area contributed by atoms with E-state index in [1.54, 1.807) is 13.2 Å². The SMILES string of the molecule is COc1cc(/C=C2\SC(=O)NC2=O)ccc1-c1ccc(O)c(C23CC4CC(CC(C4)C2)C3)c1. The Labute approximate surface area is 197 Å². The van der Waals surface area contributed by atoms with Gasteiger partial charge in [0, 0.05) is 11.1 Å². The van der Waals surface area contributed by atoms with E-state index < -0.39 is 0 Å². The van der Waals surface area contributed by atoms with Crippen LogP contribution in [0.25, 0.3) is 17.2 Å². The Bertz CT molecular complexity index is 1170. The summed E-state index contributed by atoms with van der Waals surface area (Å²) in [6, 6.07) is 11.8. The summed E-state index contributed by atoms with van der Waals surface area (Å²) in [6.45, 7) is 0. The number of phenols is 1. The maximum atomic E-state index is 11.9. The van der Waals surface area contributed by atoms with Crippen LogP contribution >= 0.6 is 11.8 Å². The van der Waals surface area contributed by atoms with E-state index in [0.717, 1.165) is 51.8 Å². The molecule has 2 aromatic carbocycles. The van der Waals surface area contributed by atoms with Crippen LogP contribution < -0.4 is 10.1 Å². The molecule has 0 aromatic heterocycles. The Morgan fingerprint density at radius 2 is 1.73 bits per heavy atom. The minimum Gasteiger partial charge on any atom is -0.508 e. The number of nitrogens with one attached hydrogen (secondary N) is 1. The van der Waals surface area contributed by atoms with Gasteiger partial charge in [-0.1, -0.05) is 18.2 Å². The molecule has 4 saturated carbocycles. The molecular formula is C27H27NO4S. The number of imide groups is 1. The molecule has 0 spiro atoms. The lowest BCUT2D eigenvalue weighted by Crippen LogP contribution is -2.48. The Balaban J connectivity index is 1.37. The molecule has 1 heterocycles. The van der Waals surface area contributed by atoms with Crippen molar-refractivity contribution in [3.8, 4) is 22.6 Å². The van der Waals surface area contributed by atoms with E-state index in [0.29, 0.717) is 16.4 Å². The van der Waals surface area contributed by atoms with E-state index in [2.05, 4.69) is 11.4 Å². The molecule has 5 fully saturated rings. The molecule has 5 aliphatic rings. The highest BCUT2D eigenvalue weighted by Gasteiger charge is 2.52. The normalized spacial score (nSPS) is 31.3. The first-order valence-electron chi connectivity index (χ1n) is 11.7. The van der Waals surface area contributed by atoms with Crippen LogP contribution in [0.2, 0.25) is 0 Å². The van der Waals surface area contributed by atoms with Crippen LogP contribution in [-0.2, 0) is 10.2 Å². The largest absolute Gasteiger partial charge is 0.508 e. The van der Waals surface area contributed by atoms with Gasteiger partial charge < -0.3 is 9.84 Å². The van der Waals surface area contributed by atoms with Gasteiger partial charge in [0.25, 0.3) is 11.1 Å². The van der Waals surface area contributed by atoms with E-state index in [9.17, 15) is 14.7 Å². The monoisotopic (exact) mass is 461 g/mol. The van der Waals surface area contributed by atoms with Gasteiger partial charge in [0.2, 0.25) is 0 Å². The predicted octanol–water partition coefficient (Wildman–Crippen LogP) is 5.86. The van der Waals surface area contributed by atoms with E-state index in [1.165, 1.54) is 38.5 Å². The van der Waals surface area contributed by atoms with Gasteiger partial charge in [-0.05, 0) is 109 Å². The number of aromatic hydroxyl groups is 1. The molecule has 5 nitrogen and oxygen atoms in total. The topological polar surface area (TPSA) is 75.6 Å². The number of rotatable bonds is 4. The van der Waals surface area contributed by atoms with Crippen LogP contribution in [0, 0.1) is 17.8 Å². The number of carbonyl (C=O) groups is 2. The van der Waals surface area contributed by atoms with Crippen molar-refractivity contribution in [3.05, 3.63) is 52.4 Å². The highest BCUT2D eigenvalue weighted by Crippen LogP contribution is 2.62. The van der Waals surface area contributed by atoms with Crippen molar-refractivity contribution in [2.24, 2.45) is 17.8 Å². The molecule has 1 saturated heterocycles. The highest BCUT2D eigenvalue weighted by atomic mass is 32.2. The predicted molar refractivity (Wildman–Crippen MR) is 129 cm³/mol. The second kappa shape index (κ2) is 7.66. The molecule has 0 radical (unpaired) electrons. The average Bonchev–Trinajstić information content (AvgIpc) is 3.09. The number of hydrogen-bond acceptors (Lipinski definition) is 5. The third-order valence-corrected chi connectivity index (χ3v) is 8.89. The molecule has 2 amide bonds. The number of phenolic OH excluding ortho intramolecular Hbond substituents is 1. The standard InChI is InChI=1S/C27H27NO4S/c1-32-23-9-15(10-24-25(30)28-26(31)33-24)2-4-20(23)19-3-5-22(29)21(11-19)27-12-16-6-17(13-27)8-18(7-16)14-27/h2-5,9-11,16-18,29H,6-8,12-14H2,1H3,(H,28,30,31)/b24-10-. The summed E-state index contributed by atoms with van der Waals surface area (Å²) < 4.78 is 5.71. The molecule has 0 atom stereocenters. The first kappa shape index (κ1) is 20.8. The van der Waals surface area contributed by atoms with Crippen molar-refractivity contribution < 1.29 is 19.4 Å². The summed E-state index contributed by atoms with van der Waals surface area (Å²) >= 11 is 0.906. The molecule has 1 aliphatic heterocycles. The second-order valence-electron chi connectivity index (χ2n) is 10.2. The van der Waals surface area contributed by atoms with E-state index in [4.69, 9.17) is 4.74 Å². The van der Waals surface area contributed by atoms with Crippen LogP contribution in [-0.4, -0.2) is 23.4 Å². The Kier molecular flexibility index (Phi) is 4.84. The van der Waals surface area contributed by atoms with Crippen molar-refractivity contribution in [3.63, 3.8) is 0 Å². The minimum atomic E-state index is -0.369. The zero-order valence-electron chi connectivity index (χ0n) is 18.6. The summed E-state index contributed by atoms with van der Waals surface area (Å²) in [5.41, 5.74) is 3.97. The van der Waals surface area contributed by atoms with Crippen molar-refractivity contribution in [2.45, 2.75) is 43.9 Å². The third-order valence-electron chi connectivity index (χ3n) is 8.08. The highest BCUT2D eigenvalue weighted by molar-refractivity contribution is 8.18. The smallest absolute Gasteiger partial charge is 0.290 e. The third kappa shape index (κ3) is 3.55. The Morgan fingerprint density at radius 1 is 1.03 bits per heavy atom. The van der Waals surface area contributed by atoms with Gasteiger partial charge >= 0.3 is 0 Å². The Hall–Kier alpha value is -2.73. The van der Waals surface area contributed by atoms with Crippen molar-refractivity contribution in [2.75, 3.05) is 7.11 Å². The fourth-order valence-corrected chi connectivity index (χ4v) is 7.86. The van der Waals surface area contributed by atoms with Crippen LogP contribution in [0.1, 0.15) is 49.7 Å². The average molecular weight is 462 g/mol. The molecule has 6 heteroatoms. The van der Waals surface area contributed by atoms with Crippen LogP contribution in [0.15, 0.2) is 41.3 Å². The van der Waals surface area contributed by atoms with Gasteiger partial charge in [-0.15, -0.1) is 0 Å². The number of ether oxygens (including phenoxy) is 1. The minimum absolute atomic E-state index is 0.103. The number of carbonyl (C=O) groups excluding carboxylic acids is 2. The van der Waals surface area contributed by atoms with Gasteiger partial charge in [0.1, 0.15) is 11.5 Å². The van der Waals surface area contributed by atoms with E-state index in [-0.39, 0.29) is 16.6 Å². The van der Waals surface area contributed by atoms with Crippen LogP contribution in [0.4, 0.5) is 4.79 Å². The van der Waals surface area contributed by atoms with Gasteiger partial charge in [-0.25, -0.2) is 0 Å². The van der Waals surface area contributed by atoms with Gasteiger partial charge in [0.15, 0.2) is 0 Å². The maximum absolute atomic E-state index is 11.9. The summed E-state index contributed by atoms with van der Waals surface area (Å²) in [6.07, 6.45) is 9.38. The van der Waals surface area contributed by atoms with E-state index >= 15 is 0 Å². The van der Waals surface area contributed by atoms with Crippen LogP contribution in [0.3, 0.4) is 0 Å². The summed E-state index contributed by atoms with van der Waals surface area (Å²) in [5.74, 6) is 3.15. The van der Waals surface area contributed by atoms with Crippen LogP contribution in [0.5, 0.6) is 11.5 Å². The lowest BCUT2D eigenvalue weighted by atomic mass is 9.48. The van der Waals surface area contributed by atoms with Crippen molar-refractivity contribution >= 4 is 29.0 Å². The maximum Gasteiger partial charge on any atom is 0.290 e. The molecule has 4 aliphatic carbocycles. The number of benzene rings is 2. The number of thioether (sulfide) groups is 1. The van der Waals surface area contributed by atoms with Crippen molar-refractivity contribution in [1.82, 2.24) is 5.32 Å². The molecule has 2 aromatic rings. The fraction of sp³-hybridized carbons (Fsp3) is 0.407. The lowest BCUT2D eigenvalue weighted by molar-refractivity contribution is -0.115. The zero-order chi connectivity index (χ0) is 22.7. The number of methoxy groups -OCH3 is 1. The molecule has 7 rings (SSSR count). The van der Waals surface area contributed by atoms with Gasteiger partial charge in [0.05, 0.1) is 12.0 Å². The van der Waals surface area contributed by atoms with Gasteiger partial charge in [-0.3, -0.25) is 14.9 Å². The number of amides is 2. The first-order valence-corrected chi connectivity index (χ1v) is 12.5. The molecule has 2 N–H and O–H groups in total. The van der Waals surface area contributed by atoms with Gasteiger partial charge in [-0.2, -0.15) is 0 Å². The first-order chi connectivity index (χ1) is 15.9. The second-order valence-corrected chi connectivity index (χ2v) is 11.3. The van der Waals surface area contributed by atoms with E-state index in [1.807, 2.05) is 30.3 Å². The molecule has 33 heavy (non-hydrogen) atoms. The molecule has 4 bridgehead atoms. The Morgan fingerprint density at radius 3 is 2.33 bits per heavy atom. The summed E-state index contributed by atoms with van der Waals surface area (Å²) in [5, 5.41) is 12.8. The molecular weight excluding hydrogens is 434 g/mol. The van der Waals surface area contributed by atoms with Crippen molar-refractivity contribution in [1.29, 1.82) is 0 Å². The summed E-state index contributed by atoms with van der Waals surface area (Å²) in [7, 11) is 1.64.